The van der Waals surface area contributed by atoms with Gasteiger partial charge in [0.1, 0.15) is 0 Å². The van der Waals surface area contributed by atoms with Gasteiger partial charge >= 0.3 is 0 Å². The second kappa shape index (κ2) is 6.12. The average Bonchev–Trinajstić information content (AvgIpc) is 3.13. The van der Waals surface area contributed by atoms with Crippen LogP contribution in [-0.4, -0.2) is 17.0 Å². The Balaban J connectivity index is 1.64. The molecule has 4 rings (SSSR count). The SMILES string of the molecule is O=C1C(=Cc2ccc3c(c2)OCO3)SC(=S)N1c1ccc(Cl)cc1. The fourth-order valence-corrected chi connectivity index (χ4v) is 3.86. The van der Waals surface area contributed by atoms with Gasteiger partial charge in [-0.05, 0) is 48.0 Å². The Labute approximate surface area is 153 Å². The summed E-state index contributed by atoms with van der Waals surface area (Å²) < 4.78 is 11.1. The van der Waals surface area contributed by atoms with Crippen molar-refractivity contribution in [3.05, 3.63) is 58.0 Å². The molecule has 0 aliphatic carbocycles. The van der Waals surface area contributed by atoms with Crippen LogP contribution in [0, 0.1) is 0 Å². The molecular formula is C17H10ClNO3S2. The van der Waals surface area contributed by atoms with E-state index in [1.54, 1.807) is 30.3 Å². The largest absolute Gasteiger partial charge is 0.454 e. The molecule has 7 heteroatoms. The Morgan fingerprint density at radius 3 is 2.67 bits per heavy atom. The minimum absolute atomic E-state index is 0.148. The number of hydrogen-bond acceptors (Lipinski definition) is 5. The van der Waals surface area contributed by atoms with Crippen molar-refractivity contribution in [3.8, 4) is 11.5 Å². The van der Waals surface area contributed by atoms with Crippen LogP contribution in [0.15, 0.2) is 47.4 Å². The zero-order valence-corrected chi connectivity index (χ0v) is 14.6. The van der Waals surface area contributed by atoms with Crippen molar-refractivity contribution in [2.75, 3.05) is 11.7 Å². The maximum atomic E-state index is 12.7. The van der Waals surface area contributed by atoms with Crippen molar-refractivity contribution in [3.63, 3.8) is 0 Å². The summed E-state index contributed by atoms with van der Waals surface area (Å²) in [5.74, 6) is 1.24. The van der Waals surface area contributed by atoms with E-state index in [1.807, 2.05) is 18.2 Å². The third-order valence-corrected chi connectivity index (χ3v) is 5.13. The van der Waals surface area contributed by atoms with Crippen LogP contribution in [-0.2, 0) is 4.79 Å². The molecular weight excluding hydrogens is 366 g/mol. The zero-order chi connectivity index (χ0) is 16.7. The number of carbonyl (C=O) groups is 1. The molecule has 0 N–H and O–H groups in total. The summed E-state index contributed by atoms with van der Waals surface area (Å²) in [6.45, 7) is 0.220. The summed E-state index contributed by atoms with van der Waals surface area (Å²) in [5.41, 5.74) is 1.56. The molecule has 0 saturated carbocycles. The standard InChI is InChI=1S/C17H10ClNO3S2/c18-11-2-4-12(5-3-11)19-16(20)15(24-17(19)23)8-10-1-6-13-14(7-10)22-9-21-13/h1-8H,9H2. The second-order valence-electron chi connectivity index (χ2n) is 5.11. The third-order valence-electron chi connectivity index (χ3n) is 3.57. The number of hydrogen-bond donors (Lipinski definition) is 0. The third kappa shape index (κ3) is 2.77. The monoisotopic (exact) mass is 375 g/mol. The first-order valence-electron chi connectivity index (χ1n) is 7.05. The van der Waals surface area contributed by atoms with Crippen LogP contribution < -0.4 is 14.4 Å². The first kappa shape index (κ1) is 15.5. The number of fused-ring (bicyclic) bond motifs is 1. The molecule has 4 nitrogen and oxygen atoms in total. The van der Waals surface area contributed by atoms with Crippen LogP contribution in [0.3, 0.4) is 0 Å². The molecule has 0 radical (unpaired) electrons. The Hall–Kier alpha value is -2.02. The van der Waals surface area contributed by atoms with Crippen LogP contribution in [0.5, 0.6) is 11.5 Å². The van der Waals surface area contributed by atoms with Gasteiger partial charge in [0, 0.05) is 5.02 Å². The van der Waals surface area contributed by atoms with Crippen LogP contribution in [0.4, 0.5) is 5.69 Å². The summed E-state index contributed by atoms with van der Waals surface area (Å²) in [6, 6.07) is 12.6. The van der Waals surface area contributed by atoms with Crippen LogP contribution >= 0.6 is 35.6 Å². The average molecular weight is 376 g/mol. The molecule has 1 amide bonds. The number of nitrogens with zero attached hydrogens (tertiary/aromatic N) is 1. The van der Waals surface area contributed by atoms with E-state index in [9.17, 15) is 4.79 Å². The number of anilines is 1. The highest BCUT2D eigenvalue weighted by atomic mass is 35.5. The van der Waals surface area contributed by atoms with Crippen molar-refractivity contribution in [1.82, 2.24) is 0 Å². The lowest BCUT2D eigenvalue weighted by Gasteiger charge is -2.14. The van der Waals surface area contributed by atoms with Gasteiger partial charge in [0.2, 0.25) is 6.79 Å². The smallest absolute Gasteiger partial charge is 0.270 e. The van der Waals surface area contributed by atoms with Crippen molar-refractivity contribution < 1.29 is 14.3 Å². The van der Waals surface area contributed by atoms with Crippen LogP contribution in [0.2, 0.25) is 5.02 Å². The van der Waals surface area contributed by atoms with Gasteiger partial charge in [-0.25, -0.2) is 0 Å². The van der Waals surface area contributed by atoms with Crippen LogP contribution in [0.25, 0.3) is 6.08 Å². The molecule has 0 aromatic heterocycles. The molecule has 1 fully saturated rings. The number of thiocarbonyl (C=S) groups is 1. The van der Waals surface area contributed by atoms with Gasteiger partial charge in [0.05, 0.1) is 10.6 Å². The van der Waals surface area contributed by atoms with Gasteiger partial charge in [-0.15, -0.1) is 0 Å². The van der Waals surface area contributed by atoms with E-state index in [2.05, 4.69) is 0 Å². The van der Waals surface area contributed by atoms with E-state index < -0.39 is 0 Å². The van der Waals surface area contributed by atoms with Crippen molar-refractivity contribution in [1.29, 1.82) is 0 Å². The second-order valence-corrected chi connectivity index (χ2v) is 7.22. The molecule has 2 aromatic rings. The molecule has 0 bridgehead atoms. The topological polar surface area (TPSA) is 38.8 Å². The number of carbonyl (C=O) groups excluding carboxylic acids is 1. The van der Waals surface area contributed by atoms with Gasteiger partial charge in [0.15, 0.2) is 15.8 Å². The predicted octanol–water partition coefficient (Wildman–Crippen LogP) is 4.47. The Bertz CT molecular complexity index is 880. The molecule has 2 heterocycles. The number of ether oxygens (including phenoxy) is 2. The lowest BCUT2D eigenvalue weighted by molar-refractivity contribution is -0.113. The summed E-state index contributed by atoms with van der Waals surface area (Å²) in [7, 11) is 0. The van der Waals surface area contributed by atoms with Gasteiger partial charge in [-0.2, -0.15) is 0 Å². The van der Waals surface area contributed by atoms with Crippen molar-refractivity contribution in [2.24, 2.45) is 0 Å². The summed E-state index contributed by atoms with van der Waals surface area (Å²) in [4.78, 5) is 14.8. The van der Waals surface area contributed by atoms with E-state index >= 15 is 0 Å². The maximum absolute atomic E-state index is 12.7. The number of thioether (sulfide) groups is 1. The first-order chi connectivity index (χ1) is 11.6. The number of amides is 1. The zero-order valence-electron chi connectivity index (χ0n) is 12.2. The van der Waals surface area contributed by atoms with Crippen molar-refractivity contribution >= 4 is 57.6 Å². The van der Waals surface area contributed by atoms with Gasteiger partial charge in [0.25, 0.3) is 5.91 Å². The highest BCUT2D eigenvalue weighted by Gasteiger charge is 2.33. The highest BCUT2D eigenvalue weighted by Crippen LogP contribution is 2.38. The number of benzene rings is 2. The maximum Gasteiger partial charge on any atom is 0.270 e. The fraction of sp³-hybridized carbons (Fsp3) is 0.0588. The molecule has 0 unspecified atom stereocenters. The Morgan fingerprint density at radius 2 is 1.88 bits per heavy atom. The van der Waals surface area contributed by atoms with E-state index in [0.29, 0.717) is 31.4 Å². The molecule has 1 saturated heterocycles. The first-order valence-corrected chi connectivity index (χ1v) is 8.65. The normalized spacial score (nSPS) is 17.9. The molecule has 24 heavy (non-hydrogen) atoms. The molecule has 0 spiro atoms. The lowest BCUT2D eigenvalue weighted by Crippen LogP contribution is -2.27. The molecule has 2 aliphatic heterocycles. The van der Waals surface area contributed by atoms with Crippen molar-refractivity contribution in [2.45, 2.75) is 0 Å². The molecule has 2 aliphatic rings. The molecule has 0 atom stereocenters. The van der Waals surface area contributed by atoms with E-state index in [4.69, 9.17) is 33.3 Å². The summed E-state index contributed by atoms with van der Waals surface area (Å²) >= 11 is 12.5. The van der Waals surface area contributed by atoms with E-state index in [0.717, 1.165) is 5.56 Å². The van der Waals surface area contributed by atoms with E-state index in [-0.39, 0.29) is 12.7 Å². The number of rotatable bonds is 2. The quantitative estimate of drug-likeness (QED) is 0.571. The van der Waals surface area contributed by atoms with Gasteiger partial charge in [-0.1, -0.05) is 41.6 Å². The summed E-state index contributed by atoms with van der Waals surface area (Å²) in [5, 5.41) is 0.611. The fourth-order valence-electron chi connectivity index (χ4n) is 2.43. The van der Waals surface area contributed by atoms with Gasteiger partial charge in [-0.3, -0.25) is 9.69 Å². The minimum Gasteiger partial charge on any atom is -0.454 e. The minimum atomic E-state index is -0.148. The highest BCUT2D eigenvalue weighted by molar-refractivity contribution is 8.27. The van der Waals surface area contributed by atoms with Gasteiger partial charge < -0.3 is 9.47 Å². The number of halogens is 1. The lowest BCUT2D eigenvalue weighted by atomic mass is 10.2. The summed E-state index contributed by atoms with van der Waals surface area (Å²) in [6.07, 6.45) is 1.80. The molecule has 2 aromatic carbocycles. The van der Waals surface area contributed by atoms with E-state index in [1.165, 1.54) is 16.7 Å². The van der Waals surface area contributed by atoms with Crippen LogP contribution in [0.1, 0.15) is 5.56 Å². The Kier molecular flexibility index (Phi) is 3.96. The molecule has 120 valence electrons. The predicted molar refractivity (Wildman–Crippen MR) is 99.7 cm³/mol. The Morgan fingerprint density at radius 1 is 1.12 bits per heavy atom.